The lowest BCUT2D eigenvalue weighted by Crippen LogP contribution is -2.33. The van der Waals surface area contributed by atoms with Gasteiger partial charge in [-0.05, 0) is 29.7 Å². The molecule has 5 aromatic carbocycles. The number of methoxy groups -OCH3 is 3. The summed E-state index contributed by atoms with van der Waals surface area (Å²) in [6, 6.07) is 9.39. The van der Waals surface area contributed by atoms with E-state index in [9.17, 15) is 24.5 Å². The number of anilines is 1. The number of ketones is 4. The predicted molar refractivity (Wildman–Crippen MR) is 272 cm³/mol. The first kappa shape index (κ1) is 55.6. The number of nitrogens with zero attached hydrogens (tertiary/aromatic N) is 1. The minimum atomic E-state index is -1.09. The van der Waals surface area contributed by atoms with Gasteiger partial charge in [0, 0.05) is 113 Å². The van der Waals surface area contributed by atoms with Crippen LogP contribution in [0.25, 0.3) is 43.1 Å². The first-order valence-electron chi connectivity index (χ1n) is 25.0. The van der Waals surface area contributed by atoms with E-state index in [2.05, 4.69) is 0 Å². The van der Waals surface area contributed by atoms with Crippen LogP contribution in [0.1, 0.15) is 67.6 Å². The summed E-state index contributed by atoms with van der Waals surface area (Å²) < 4.78 is 61.3. The van der Waals surface area contributed by atoms with Gasteiger partial charge in [0.1, 0.15) is 0 Å². The molecule has 0 bridgehead atoms. The van der Waals surface area contributed by atoms with Gasteiger partial charge < -0.3 is 57.8 Å². The van der Waals surface area contributed by atoms with Crippen LogP contribution in [0.15, 0.2) is 36.4 Å². The van der Waals surface area contributed by atoms with Crippen molar-refractivity contribution in [3.63, 3.8) is 0 Å². The SMILES string of the molecule is CCCOCCOCC(COCCOCCOC)CC1C(=O)c2ccc3c4c([N+](=O)[O-])cc5c6c(ccc(c7c(N)cc(c2c37)C1=O)c64)C(=O)CC(C(COCCOCCOC)COCCOCCOC)C5=O. The summed E-state index contributed by atoms with van der Waals surface area (Å²) in [5.41, 5.74) is 7.54. The fourth-order valence-electron chi connectivity index (χ4n) is 10.00. The van der Waals surface area contributed by atoms with Crippen molar-refractivity contribution in [1.82, 2.24) is 0 Å². The molecular formula is C54H68N2O17. The van der Waals surface area contributed by atoms with Crippen molar-refractivity contribution in [2.45, 2.75) is 26.2 Å². The predicted octanol–water partition coefficient (Wildman–Crippen LogP) is 6.71. The Balaban J connectivity index is 1.25. The lowest BCUT2D eigenvalue weighted by molar-refractivity contribution is -0.383. The average molecular weight is 1020 g/mol. The van der Waals surface area contributed by atoms with Gasteiger partial charge in [-0.1, -0.05) is 31.2 Å². The van der Waals surface area contributed by atoms with Gasteiger partial charge in [-0.3, -0.25) is 29.3 Å². The molecule has 3 atom stereocenters. The molecule has 19 nitrogen and oxygen atoms in total. The summed E-state index contributed by atoms with van der Waals surface area (Å²) in [6.07, 6.45) is 0.784. The molecular weight excluding hydrogens is 949 g/mol. The minimum Gasteiger partial charge on any atom is -0.398 e. The van der Waals surface area contributed by atoms with E-state index < -0.39 is 40.0 Å². The third-order valence-electron chi connectivity index (χ3n) is 13.4. The number of nitrogens with two attached hydrogens (primary N) is 1. The second-order valence-corrected chi connectivity index (χ2v) is 18.3. The molecule has 5 aromatic rings. The van der Waals surface area contributed by atoms with E-state index in [1.165, 1.54) is 6.07 Å². The normalized spacial score (nSPS) is 16.3. The lowest BCUT2D eigenvalue weighted by atomic mass is 9.74. The number of hydrogen-bond donors (Lipinski definition) is 1. The molecule has 3 unspecified atom stereocenters. The number of ether oxygens (including phenoxy) is 11. The van der Waals surface area contributed by atoms with Gasteiger partial charge in [-0.15, -0.1) is 0 Å². The number of nitro groups is 1. The van der Waals surface area contributed by atoms with Gasteiger partial charge in [0.05, 0.1) is 135 Å². The zero-order chi connectivity index (χ0) is 51.9. The molecule has 0 amide bonds. The van der Waals surface area contributed by atoms with Crippen molar-refractivity contribution < 1.29 is 76.2 Å². The standard InChI is InChI=1S/C54H68N2O17/c1-5-10-66-17-21-70-29-33(30-71-22-18-67-14-11-63-2)25-42-52(58)38-9-8-37-49-44(56(61)62)27-41-46-35(6-7-36(51(46)49)48-43(55)26-40(54(42)60)47(38)50(37)48)45(57)28-39(53(41)59)34(31-72-23-19-68-15-12-64-3)32-73-24-20-69-16-13-65-4/h6-9,26-27,33-34,39,42H,5,10-25,28-32,55H2,1-4H3. The van der Waals surface area contributed by atoms with Crippen LogP contribution in [-0.2, 0) is 52.1 Å². The fraction of sp³-hybridized carbons (Fsp3) is 0.556. The van der Waals surface area contributed by atoms with Gasteiger partial charge in [-0.25, -0.2) is 0 Å². The first-order chi connectivity index (χ1) is 35.6. The van der Waals surface area contributed by atoms with Crippen LogP contribution in [0.4, 0.5) is 11.4 Å². The molecule has 73 heavy (non-hydrogen) atoms. The molecule has 0 aliphatic heterocycles. The van der Waals surface area contributed by atoms with Gasteiger partial charge in [0.25, 0.3) is 5.69 Å². The summed E-state index contributed by atoms with van der Waals surface area (Å²) in [5.74, 6) is -4.70. The van der Waals surface area contributed by atoms with Crippen LogP contribution >= 0.6 is 0 Å². The van der Waals surface area contributed by atoms with E-state index in [0.717, 1.165) is 6.42 Å². The van der Waals surface area contributed by atoms with E-state index in [-0.39, 0.29) is 128 Å². The molecule has 2 aliphatic carbocycles. The Labute approximate surface area is 423 Å². The molecule has 0 heterocycles. The number of nitrogen functional groups attached to an aromatic ring is 1. The van der Waals surface area contributed by atoms with Crippen molar-refractivity contribution in [3.8, 4) is 0 Å². The minimum absolute atomic E-state index is 0.0179. The summed E-state index contributed by atoms with van der Waals surface area (Å²) >= 11 is 0. The van der Waals surface area contributed by atoms with E-state index in [1.807, 2.05) is 6.92 Å². The summed E-state index contributed by atoms with van der Waals surface area (Å²) in [4.78, 5) is 71.9. The van der Waals surface area contributed by atoms with E-state index in [4.69, 9.17) is 57.8 Å². The van der Waals surface area contributed by atoms with E-state index >= 15 is 4.79 Å². The Hall–Kier alpha value is -5.16. The maximum atomic E-state index is 15.1. The van der Waals surface area contributed by atoms with Gasteiger partial charge in [0.15, 0.2) is 23.1 Å². The van der Waals surface area contributed by atoms with Crippen LogP contribution in [-0.4, -0.2) is 175 Å². The second-order valence-electron chi connectivity index (χ2n) is 18.3. The number of Topliss-reactive ketones (excluding diaryl/α,β-unsaturated/α-hetero) is 4. The number of fused-ring (bicyclic) bond motifs is 2. The largest absolute Gasteiger partial charge is 0.398 e. The quantitative estimate of drug-likeness (QED) is 0.00843. The highest BCUT2D eigenvalue weighted by molar-refractivity contribution is 6.44. The Morgan fingerprint density at radius 2 is 0.986 bits per heavy atom. The molecule has 396 valence electrons. The Kier molecular flexibility index (Phi) is 20.9. The van der Waals surface area contributed by atoms with Crippen molar-refractivity contribution in [2.24, 2.45) is 23.7 Å². The molecule has 19 heteroatoms. The van der Waals surface area contributed by atoms with E-state index in [0.29, 0.717) is 98.4 Å². The van der Waals surface area contributed by atoms with Crippen LogP contribution in [0, 0.1) is 33.8 Å². The molecule has 0 radical (unpaired) electrons. The van der Waals surface area contributed by atoms with Crippen molar-refractivity contribution in [1.29, 1.82) is 0 Å². The molecule has 0 saturated heterocycles. The number of benzene rings is 5. The van der Waals surface area contributed by atoms with E-state index in [1.54, 1.807) is 51.7 Å². The smallest absolute Gasteiger partial charge is 0.278 e. The number of non-ortho nitro benzene ring substituents is 1. The maximum absolute atomic E-state index is 15.1. The van der Waals surface area contributed by atoms with Gasteiger partial charge in [0.2, 0.25) is 0 Å². The second kappa shape index (κ2) is 27.4. The summed E-state index contributed by atoms with van der Waals surface area (Å²) in [7, 11) is 4.74. The molecule has 0 saturated carbocycles. The van der Waals surface area contributed by atoms with Crippen LogP contribution in [0.3, 0.4) is 0 Å². The summed E-state index contributed by atoms with van der Waals surface area (Å²) in [5, 5.41) is 16.1. The number of carbonyl (C=O) groups is 4. The highest BCUT2D eigenvalue weighted by Crippen LogP contribution is 2.51. The van der Waals surface area contributed by atoms with Crippen molar-refractivity contribution in [3.05, 3.63) is 68.8 Å². The lowest BCUT2D eigenvalue weighted by Gasteiger charge is -2.28. The molecule has 0 fully saturated rings. The molecule has 2 aliphatic rings. The van der Waals surface area contributed by atoms with Gasteiger partial charge >= 0.3 is 0 Å². The third-order valence-corrected chi connectivity index (χ3v) is 13.4. The van der Waals surface area contributed by atoms with Crippen LogP contribution in [0.2, 0.25) is 0 Å². The Bertz CT molecular complexity index is 2690. The van der Waals surface area contributed by atoms with Crippen molar-refractivity contribution >= 4 is 77.6 Å². The van der Waals surface area contributed by atoms with Gasteiger partial charge in [-0.2, -0.15) is 0 Å². The molecule has 7 rings (SSSR count). The summed E-state index contributed by atoms with van der Waals surface area (Å²) in [6.45, 7) is 7.78. The highest BCUT2D eigenvalue weighted by atomic mass is 16.6. The molecule has 2 N–H and O–H groups in total. The Morgan fingerprint density at radius 3 is 1.53 bits per heavy atom. The molecule has 0 aromatic heterocycles. The zero-order valence-corrected chi connectivity index (χ0v) is 42.3. The zero-order valence-electron chi connectivity index (χ0n) is 42.3. The topological polar surface area (TPSA) is 239 Å². The number of rotatable bonds is 35. The monoisotopic (exact) mass is 1020 g/mol. The highest BCUT2D eigenvalue weighted by Gasteiger charge is 2.42. The van der Waals surface area contributed by atoms with Crippen molar-refractivity contribution in [2.75, 3.05) is 153 Å². The third kappa shape index (κ3) is 12.9. The maximum Gasteiger partial charge on any atom is 0.278 e. The Morgan fingerprint density at radius 1 is 0.534 bits per heavy atom. The number of nitro benzene ring substituents is 1. The number of hydrogen-bond acceptors (Lipinski definition) is 18. The van der Waals surface area contributed by atoms with Crippen LogP contribution < -0.4 is 5.73 Å². The fourth-order valence-corrected chi connectivity index (χ4v) is 10.00. The molecule has 0 spiro atoms. The average Bonchev–Trinajstić information content (AvgIpc) is 3.49. The first-order valence-corrected chi connectivity index (χ1v) is 25.0. The van der Waals surface area contributed by atoms with Crippen LogP contribution in [0.5, 0.6) is 0 Å². The number of carbonyl (C=O) groups excluding carboxylic acids is 4.